The molecule has 0 saturated carbocycles. The predicted molar refractivity (Wildman–Crippen MR) is 97.4 cm³/mol. The fraction of sp³-hybridized carbons (Fsp3) is 0.556. The topological polar surface area (TPSA) is 56.1 Å². The average molecular weight is 334 g/mol. The van der Waals surface area contributed by atoms with E-state index in [0.717, 1.165) is 50.3 Å². The SMILES string of the molecule is CCN(CC)CCCCNC(=O)CSCc1ccc(C#N)cc1. The number of carbonyl (C=O) groups is 1. The molecule has 0 unspecified atom stereocenters. The maximum atomic E-state index is 11.8. The summed E-state index contributed by atoms with van der Waals surface area (Å²) in [5.41, 5.74) is 1.81. The number of nitrogens with one attached hydrogen (secondary N) is 1. The van der Waals surface area contributed by atoms with Gasteiger partial charge in [-0.15, -0.1) is 11.8 Å². The van der Waals surface area contributed by atoms with E-state index < -0.39 is 0 Å². The summed E-state index contributed by atoms with van der Waals surface area (Å²) < 4.78 is 0. The molecule has 0 spiro atoms. The van der Waals surface area contributed by atoms with Gasteiger partial charge in [0, 0.05) is 12.3 Å². The fourth-order valence-corrected chi connectivity index (χ4v) is 3.03. The van der Waals surface area contributed by atoms with Gasteiger partial charge >= 0.3 is 0 Å². The lowest BCUT2D eigenvalue weighted by molar-refractivity contribution is -0.118. The van der Waals surface area contributed by atoms with Crippen LogP contribution in [-0.4, -0.2) is 42.7 Å². The Balaban J connectivity index is 2.07. The minimum atomic E-state index is 0.103. The van der Waals surface area contributed by atoms with Gasteiger partial charge < -0.3 is 10.2 Å². The van der Waals surface area contributed by atoms with Crippen LogP contribution in [0, 0.1) is 11.3 Å². The molecule has 1 rings (SSSR count). The lowest BCUT2D eigenvalue weighted by Crippen LogP contribution is -2.28. The van der Waals surface area contributed by atoms with E-state index in [1.807, 2.05) is 24.3 Å². The predicted octanol–water partition coefficient (Wildman–Crippen LogP) is 3.03. The summed E-state index contributed by atoms with van der Waals surface area (Å²) >= 11 is 1.60. The quantitative estimate of drug-likeness (QED) is 0.633. The zero-order valence-corrected chi connectivity index (χ0v) is 15.0. The second kappa shape index (κ2) is 12.0. The maximum Gasteiger partial charge on any atom is 0.230 e. The highest BCUT2D eigenvalue weighted by atomic mass is 32.2. The molecule has 0 bridgehead atoms. The van der Waals surface area contributed by atoms with Gasteiger partial charge in [-0.05, 0) is 50.2 Å². The Morgan fingerprint density at radius 2 is 1.91 bits per heavy atom. The van der Waals surface area contributed by atoms with E-state index in [-0.39, 0.29) is 5.91 Å². The van der Waals surface area contributed by atoms with Crippen LogP contribution in [0.3, 0.4) is 0 Å². The summed E-state index contributed by atoms with van der Waals surface area (Å²) in [7, 11) is 0. The number of benzene rings is 1. The molecule has 0 saturated heterocycles. The van der Waals surface area contributed by atoms with Gasteiger partial charge in [-0.3, -0.25) is 4.79 Å². The number of carbonyl (C=O) groups excluding carboxylic acids is 1. The molecule has 0 aliphatic heterocycles. The number of hydrogen-bond acceptors (Lipinski definition) is 4. The van der Waals surface area contributed by atoms with Crippen molar-refractivity contribution in [2.24, 2.45) is 0 Å². The monoisotopic (exact) mass is 333 g/mol. The Bertz CT molecular complexity index is 492. The van der Waals surface area contributed by atoms with Gasteiger partial charge in [0.25, 0.3) is 0 Å². The first-order valence-electron chi connectivity index (χ1n) is 8.25. The highest BCUT2D eigenvalue weighted by molar-refractivity contribution is 7.99. The first-order chi connectivity index (χ1) is 11.2. The van der Waals surface area contributed by atoms with Gasteiger partial charge in [0.15, 0.2) is 0 Å². The van der Waals surface area contributed by atoms with Crippen LogP contribution in [0.2, 0.25) is 0 Å². The Morgan fingerprint density at radius 3 is 2.52 bits per heavy atom. The molecule has 23 heavy (non-hydrogen) atoms. The summed E-state index contributed by atoms with van der Waals surface area (Å²) in [6.07, 6.45) is 2.16. The minimum absolute atomic E-state index is 0.103. The number of hydrogen-bond donors (Lipinski definition) is 1. The second-order valence-corrected chi connectivity index (χ2v) is 6.37. The summed E-state index contributed by atoms with van der Waals surface area (Å²) in [4.78, 5) is 14.2. The van der Waals surface area contributed by atoms with Crippen LogP contribution in [-0.2, 0) is 10.5 Å². The number of nitrogens with zero attached hydrogens (tertiary/aromatic N) is 2. The summed E-state index contributed by atoms with van der Waals surface area (Å²) in [5, 5.41) is 11.7. The van der Waals surface area contributed by atoms with Crippen molar-refractivity contribution in [1.29, 1.82) is 5.26 Å². The first kappa shape index (κ1) is 19.5. The van der Waals surface area contributed by atoms with Crippen molar-refractivity contribution in [3.63, 3.8) is 0 Å². The highest BCUT2D eigenvalue weighted by Crippen LogP contribution is 2.12. The normalized spacial score (nSPS) is 10.5. The lowest BCUT2D eigenvalue weighted by atomic mass is 10.2. The average Bonchev–Trinajstić information content (AvgIpc) is 2.58. The largest absolute Gasteiger partial charge is 0.355 e. The first-order valence-corrected chi connectivity index (χ1v) is 9.40. The molecule has 0 aliphatic carbocycles. The smallest absolute Gasteiger partial charge is 0.230 e. The molecule has 0 fully saturated rings. The molecule has 0 aliphatic rings. The number of nitriles is 1. The van der Waals surface area contributed by atoms with E-state index in [2.05, 4.69) is 30.1 Å². The number of unbranched alkanes of at least 4 members (excludes halogenated alkanes) is 1. The number of rotatable bonds is 11. The minimum Gasteiger partial charge on any atom is -0.355 e. The van der Waals surface area contributed by atoms with Gasteiger partial charge in [-0.2, -0.15) is 5.26 Å². The van der Waals surface area contributed by atoms with Crippen molar-refractivity contribution in [3.05, 3.63) is 35.4 Å². The molecule has 0 atom stereocenters. The lowest BCUT2D eigenvalue weighted by Gasteiger charge is -2.17. The fourth-order valence-electron chi connectivity index (χ4n) is 2.22. The van der Waals surface area contributed by atoms with Crippen LogP contribution in [0.1, 0.15) is 37.8 Å². The third-order valence-corrected chi connectivity index (χ3v) is 4.71. The summed E-state index contributed by atoms with van der Waals surface area (Å²) in [5.74, 6) is 1.38. The van der Waals surface area contributed by atoms with E-state index in [1.165, 1.54) is 0 Å². The Hall–Kier alpha value is -1.51. The van der Waals surface area contributed by atoms with Crippen LogP contribution in [0.4, 0.5) is 0 Å². The molecule has 1 aromatic carbocycles. The van der Waals surface area contributed by atoms with Crippen LogP contribution in [0.5, 0.6) is 0 Å². The number of thioether (sulfide) groups is 1. The van der Waals surface area contributed by atoms with Crippen molar-refractivity contribution in [3.8, 4) is 6.07 Å². The summed E-state index contributed by atoms with van der Waals surface area (Å²) in [6, 6.07) is 9.61. The molecule has 0 heterocycles. The maximum absolute atomic E-state index is 11.8. The standard InChI is InChI=1S/C18H27N3OS/c1-3-21(4-2)12-6-5-11-20-18(22)15-23-14-17-9-7-16(13-19)8-10-17/h7-10H,3-6,11-12,14-15H2,1-2H3,(H,20,22). The van der Waals surface area contributed by atoms with Crippen molar-refractivity contribution in [2.45, 2.75) is 32.4 Å². The van der Waals surface area contributed by atoms with Crippen LogP contribution >= 0.6 is 11.8 Å². The Kier molecular flexibility index (Phi) is 10.2. The van der Waals surface area contributed by atoms with Gasteiger partial charge in [0.1, 0.15) is 0 Å². The van der Waals surface area contributed by atoms with Crippen LogP contribution in [0.25, 0.3) is 0 Å². The van der Waals surface area contributed by atoms with Gasteiger partial charge in [0.05, 0.1) is 17.4 Å². The van der Waals surface area contributed by atoms with Gasteiger partial charge in [0.2, 0.25) is 5.91 Å². The molecule has 0 radical (unpaired) electrons. The Morgan fingerprint density at radius 1 is 1.22 bits per heavy atom. The van der Waals surface area contributed by atoms with Crippen molar-refractivity contribution in [1.82, 2.24) is 10.2 Å². The molecule has 126 valence electrons. The third kappa shape index (κ3) is 8.63. The molecule has 1 amide bonds. The van der Waals surface area contributed by atoms with Gasteiger partial charge in [-0.25, -0.2) is 0 Å². The van der Waals surface area contributed by atoms with Crippen molar-refractivity contribution < 1.29 is 4.79 Å². The number of amides is 1. The van der Waals surface area contributed by atoms with Crippen molar-refractivity contribution >= 4 is 17.7 Å². The molecule has 4 nitrogen and oxygen atoms in total. The van der Waals surface area contributed by atoms with E-state index in [1.54, 1.807) is 11.8 Å². The Labute approximate surface area is 144 Å². The zero-order chi connectivity index (χ0) is 16.9. The van der Waals surface area contributed by atoms with E-state index >= 15 is 0 Å². The van der Waals surface area contributed by atoms with Crippen LogP contribution in [0.15, 0.2) is 24.3 Å². The van der Waals surface area contributed by atoms with Crippen LogP contribution < -0.4 is 5.32 Å². The second-order valence-electron chi connectivity index (χ2n) is 5.39. The summed E-state index contributed by atoms with van der Waals surface area (Å²) in [6.45, 7) is 8.41. The van der Waals surface area contributed by atoms with Gasteiger partial charge in [-0.1, -0.05) is 26.0 Å². The third-order valence-electron chi connectivity index (χ3n) is 3.70. The van der Waals surface area contributed by atoms with E-state index in [9.17, 15) is 4.79 Å². The molecular weight excluding hydrogens is 306 g/mol. The molecule has 0 aromatic heterocycles. The van der Waals surface area contributed by atoms with E-state index in [0.29, 0.717) is 11.3 Å². The zero-order valence-electron chi connectivity index (χ0n) is 14.2. The highest BCUT2D eigenvalue weighted by Gasteiger charge is 2.03. The molecule has 1 aromatic rings. The molecule has 5 heteroatoms. The molecular formula is C18H27N3OS. The molecule has 1 N–H and O–H groups in total. The van der Waals surface area contributed by atoms with Crippen molar-refractivity contribution in [2.75, 3.05) is 31.9 Å². The van der Waals surface area contributed by atoms with E-state index in [4.69, 9.17) is 5.26 Å².